The van der Waals surface area contributed by atoms with Crippen molar-refractivity contribution in [2.75, 3.05) is 0 Å². The zero-order chi connectivity index (χ0) is 10.3. The van der Waals surface area contributed by atoms with Crippen molar-refractivity contribution in [2.45, 2.75) is 12.8 Å². The van der Waals surface area contributed by atoms with Gasteiger partial charge in [-0.15, -0.1) is 0 Å². The molecule has 1 N–H and O–H groups in total. The van der Waals surface area contributed by atoms with Crippen LogP contribution in [0.15, 0.2) is 36.4 Å². The minimum Gasteiger partial charge on any atom is -0.355 e. The summed E-state index contributed by atoms with van der Waals surface area (Å²) in [5, 5.41) is 1.20. The lowest BCUT2D eigenvalue weighted by atomic mass is 10.1. The molecule has 0 unspecified atom stereocenters. The molecule has 1 aromatic heterocycles. The van der Waals surface area contributed by atoms with E-state index in [2.05, 4.69) is 23.2 Å². The van der Waals surface area contributed by atoms with Gasteiger partial charge in [0.25, 0.3) is 0 Å². The summed E-state index contributed by atoms with van der Waals surface area (Å²) in [6.07, 6.45) is 3.28. The van der Waals surface area contributed by atoms with E-state index in [4.69, 9.17) is 0 Å². The van der Waals surface area contributed by atoms with E-state index >= 15 is 0 Å². The van der Waals surface area contributed by atoms with Gasteiger partial charge in [-0.3, -0.25) is 4.79 Å². The topological polar surface area (TPSA) is 32.9 Å². The highest BCUT2D eigenvalue weighted by atomic mass is 16.1. The second-order valence-electron chi connectivity index (χ2n) is 3.91. The fourth-order valence-corrected chi connectivity index (χ4v) is 2.06. The maximum Gasteiger partial charge on any atom is 0.156 e. The van der Waals surface area contributed by atoms with Crippen LogP contribution in [0.25, 0.3) is 16.5 Å². The fraction of sp³-hybridized carbons (Fsp3) is 0.154. The third-order valence-corrected chi connectivity index (χ3v) is 2.85. The Bertz CT molecular complexity index is 530. The molecule has 0 radical (unpaired) electrons. The molecule has 2 aromatic rings. The van der Waals surface area contributed by atoms with E-state index in [1.807, 2.05) is 12.1 Å². The average Bonchev–Trinajstić information content (AvgIpc) is 2.82. The largest absolute Gasteiger partial charge is 0.355 e. The van der Waals surface area contributed by atoms with Crippen LogP contribution in [-0.4, -0.2) is 10.8 Å². The molecule has 2 nitrogen and oxygen atoms in total. The maximum absolute atomic E-state index is 11.2. The summed E-state index contributed by atoms with van der Waals surface area (Å²) in [5.41, 5.74) is 3.35. The Labute approximate surface area is 87.6 Å². The summed E-state index contributed by atoms with van der Waals surface area (Å²) in [6.45, 7) is 0. The summed E-state index contributed by atoms with van der Waals surface area (Å²) in [4.78, 5) is 14.5. The van der Waals surface area contributed by atoms with E-state index in [9.17, 15) is 4.79 Å². The highest BCUT2D eigenvalue weighted by molar-refractivity contribution is 6.02. The molecule has 0 atom stereocenters. The molecular formula is C13H11NO. The van der Waals surface area contributed by atoms with Crippen LogP contribution in [-0.2, 0) is 4.79 Å². The lowest BCUT2D eigenvalue weighted by Crippen LogP contribution is -1.80. The zero-order valence-corrected chi connectivity index (χ0v) is 8.29. The first-order valence-electron chi connectivity index (χ1n) is 5.14. The third-order valence-electron chi connectivity index (χ3n) is 2.85. The van der Waals surface area contributed by atoms with Crippen molar-refractivity contribution in [1.29, 1.82) is 0 Å². The first-order valence-corrected chi connectivity index (χ1v) is 5.14. The predicted octanol–water partition coefficient (Wildman–Crippen LogP) is 2.91. The maximum atomic E-state index is 11.2. The first-order chi connectivity index (χ1) is 7.33. The van der Waals surface area contributed by atoms with Crippen LogP contribution in [0.3, 0.4) is 0 Å². The minimum absolute atomic E-state index is 0.239. The average molecular weight is 197 g/mol. The summed E-state index contributed by atoms with van der Waals surface area (Å²) < 4.78 is 0. The fourth-order valence-electron chi connectivity index (χ4n) is 2.06. The van der Waals surface area contributed by atoms with Crippen molar-refractivity contribution in [3.63, 3.8) is 0 Å². The number of benzene rings is 1. The number of aromatic nitrogens is 1. The van der Waals surface area contributed by atoms with Crippen LogP contribution in [0.5, 0.6) is 0 Å². The SMILES string of the molecule is O=C1C=C(c2cc3ccccc3[nH]2)CC1. The number of hydrogen-bond acceptors (Lipinski definition) is 1. The second kappa shape index (κ2) is 3.09. The molecule has 1 aromatic carbocycles. The third kappa shape index (κ3) is 1.38. The zero-order valence-electron chi connectivity index (χ0n) is 8.29. The minimum atomic E-state index is 0.239. The van der Waals surface area contributed by atoms with Crippen LogP contribution in [0, 0.1) is 0 Å². The second-order valence-corrected chi connectivity index (χ2v) is 3.91. The molecule has 1 aliphatic carbocycles. The monoisotopic (exact) mass is 197 g/mol. The van der Waals surface area contributed by atoms with Gasteiger partial charge in [0.05, 0.1) is 0 Å². The number of carbonyl (C=O) groups is 1. The van der Waals surface area contributed by atoms with Crippen LogP contribution < -0.4 is 0 Å². The molecular weight excluding hydrogens is 186 g/mol. The van der Waals surface area contributed by atoms with Crippen molar-refractivity contribution in [3.05, 3.63) is 42.1 Å². The van der Waals surface area contributed by atoms with Gasteiger partial charge in [0.2, 0.25) is 0 Å². The van der Waals surface area contributed by atoms with Gasteiger partial charge in [0, 0.05) is 17.6 Å². The van der Waals surface area contributed by atoms with Gasteiger partial charge >= 0.3 is 0 Å². The number of carbonyl (C=O) groups excluding carboxylic acids is 1. The molecule has 74 valence electrons. The van der Waals surface area contributed by atoms with Gasteiger partial charge in [-0.05, 0) is 35.6 Å². The number of allylic oxidation sites excluding steroid dienone is 2. The van der Waals surface area contributed by atoms with Crippen LogP contribution >= 0.6 is 0 Å². The Balaban J connectivity index is 2.12. The lowest BCUT2D eigenvalue weighted by molar-refractivity contribution is -0.114. The highest BCUT2D eigenvalue weighted by Gasteiger charge is 2.14. The molecule has 1 aliphatic rings. The Hall–Kier alpha value is -1.83. The van der Waals surface area contributed by atoms with Crippen molar-refractivity contribution >= 4 is 22.3 Å². The molecule has 0 saturated heterocycles. The van der Waals surface area contributed by atoms with Crippen molar-refractivity contribution in [3.8, 4) is 0 Å². The number of fused-ring (bicyclic) bond motifs is 1. The Morgan fingerprint density at radius 1 is 1.13 bits per heavy atom. The van der Waals surface area contributed by atoms with Crippen LogP contribution in [0.2, 0.25) is 0 Å². The van der Waals surface area contributed by atoms with Gasteiger partial charge in [-0.2, -0.15) is 0 Å². The van der Waals surface area contributed by atoms with Gasteiger partial charge in [0.15, 0.2) is 5.78 Å². The van der Waals surface area contributed by atoms with E-state index in [1.165, 1.54) is 5.39 Å². The van der Waals surface area contributed by atoms with Gasteiger partial charge in [0.1, 0.15) is 0 Å². The summed E-state index contributed by atoms with van der Waals surface area (Å²) >= 11 is 0. The molecule has 15 heavy (non-hydrogen) atoms. The normalized spacial score (nSPS) is 16.0. The molecule has 0 saturated carbocycles. The number of H-pyrrole nitrogens is 1. The van der Waals surface area contributed by atoms with Crippen molar-refractivity contribution in [1.82, 2.24) is 4.98 Å². The number of ketones is 1. The quantitative estimate of drug-likeness (QED) is 0.749. The van der Waals surface area contributed by atoms with Gasteiger partial charge < -0.3 is 4.98 Å². The van der Waals surface area contributed by atoms with E-state index in [0.29, 0.717) is 6.42 Å². The molecule has 1 heterocycles. The van der Waals surface area contributed by atoms with Crippen molar-refractivity contribution in [2.24, 2.45) is 0 Å². The molecule has 2 heteroatoms. The Morgan fingerprint density at radius 2 is 2.00 bits per heavy atom. The van der Waals surface area contributed by atoms with E-state index < -0.39 is 0 Å². The standard InChI is InChI=1S/C13H11NO/c15-11-6-5-10(7-11)13-8-9-3-1-2-4-12(9)14-13/h1-4,7-8,14H,5-6H2. The molecule has 0 bridgehead atoms. The molecule has 0 amide bonds. The number of para-hydroxylation sites is 1. The predicted molar refractivity (Wildman–Crippen MR) is 60.5 cm³/mol. The van der Waals surface area contributed by atoms with Crippen LogP contribution in [0.1, 0.15) is 18.5 Å². The number of rotatable bonds is 1. The van der Waals surface area contributed by atoms with E-state index in [1.54, 1.807) is 6.08 Å². The Morgan fingerprint density at radius 3 is 2.73 bits per heavy atom. The summed E-state index contributed by atoms with van der Waals surface area (Å²) in [7, 11) is 0. The summed E-state index contributed by atoms with van der Waals surface area (Å²) in [6, 6.07) is 10.3. The van der Waals surface area contributed by atoms with Gasteiger partial charge in [-0.1, -0.05) is 18.2 Å². The van der Waals surface area contributed by atoms with Crippen LogP contribution in [0.4, 0.5) is 0 Å². The number of aromatic amines is 1. The Kier molecular flexibility index (Phi) is 1.75. The lowest BCUT2D eigenvalue weighted by Gasteiger charge is -1.94. The molecule has 0 fully saturated rings. The van der Waals surface area contributed by atoms with Crippen molar-refractivity contribution < 1.29 is 4.79 Å². The number of nitrogens with one attached hydrogen (secondary N) is 1. The van der Waals surface area contributed by atoms with Gasteiger partial charge in [-0.25, -0.2) is 0 Å². The first kappa shape index (κ1) is 8.48. The summed E-state index contributed by atoms with van der Waals surface area (Å²) in [5.74, 6) is 0.239. The molecule has 0 aliphatic heterocycles. The number of hydrogen-bond donors (Lipinski definition) is 1. The smallest absolute Gasteiger partial charge is 0.156 e. The van der Waals surface area contributed by atoms with E-state index in [-0.39, 0.29) is 5.78 Å². The molecule has 3 rings (SSSR count). The molecule has 0 spiro atoms. The highest BCUT2D eigenvalue weighted by Crippen LogP contribution is 2.27. The van der Waals surface area contributed by atoms with E-state index in [0.717, 1.165) is 23.2 Å².